The third-order valence-corrected chi connectivity index (χ3v) is 10.7. The van der Waals surface area contributed by atoms with Crippen molar-refractivity contribution in [2.45, 2.75) is 157 Å². The number of rotatable bonds is 8. The minimum Gasteiger partial charge on any atom is -0.350 e. The zero-order valence-electron chi connectivity index (χ0n) is 32.3. The summed E-state index contributed by atoms with van der Waals surface area (Å²) in [6.45, 7) is 16.0. The average molecular weight is 717 g/mol. The molecule has 0 spiro atoms. The lowest BCUT2D eigenvalue weighted by Gasteiger charge is -2.40. The summed E-state index contributed by atoms with van der Waals surface area (Å²) < 4.78 is 0. The summed E-state index contributed by atoms with van der Waals surface area (Å²) in [4.78, 5) is 96.4. The van der Waals surface area contributed by atoms with Crippen LogP contribution in [0.3, 0.4) is 0 Å². The van der Waals surface area contributed by atoms with E-state index in [2.05, 4.69) is 21.3 Å². The first-order chi connectivity index (χ1) is 23.8. The topological polar surface area (TPSA) is 174 Å². The summed E-state index contributed by atoms with van der Waals surface area (Å²) >= 11 is 0. The van der Waals surface area contributed by atoms with Gasteiger partial charge in [-0.05, 0) is 48.9 Å². The molecule has 0 aliphatic carbocycles. The third kappa shape index (κ3) is 12.0. The molecule has 3 saturated heterocycles. The van der Waals surface area contributed by atoms with Crippen LogP contribution in [-0.4, -0.2) is 95.0 Å². The smallest absolute Gasteiger partial charge is 0.315 e. The van der Waals surface area contributed by atoms with Gasteiger partial charge in [-0.1, -0.05) is 93.4 Å². The van der Waals surface area contributed by atoms with Gasteiger partial charge in [0.25, 0.3) is 5.91 Å². The van der Waals surface area contributed by atoms with E-state index in [-0.39, 0.29) is 55.5 Å². The molecule has 13 nitrogen and oxygen atoms in total. The molecule has 0 radical (unpaired) electrons. The lowest BCUT2D eigenvalue weighted by molar-refractivity contribution is -0.153. The Kier molecular flexibility index (Phi) is 15.0. The number of carbonyl (C=O) groups excluding carboxylic acids is 7. The Morgan fingerprint density at radius 2 is 1.47 bits per heavy atom. The second kappa shape index (κ2) is 18.3. The number of amides is 7. The molecular formula is C38H64N6O7. The second-order valence-electron chi connectivity index (χ2n) is 17.1. The molecule has 13 heteroatoms. The van der Waals surface area contributed by atoms with Gasteiger partial charge in [-0.25, -0.2) is 4.79 Å². The van der Waals surface area contributed by atoms with Gasteiger partial charge in [-0.2, -0.15) is 0 Å². The van der Waals surface area contributed by atoms with Crippen LogP contribution in [0, 0.1) is 22.7 Å². The van der Waals surface area contributed by atoms with Crippen LogP contribution < -0.4 is 21.3 Å². The van der Waals surface area contributed by atoms with Gasteiger partial charge in [0, 0.05) is 32.5 Å². The van der Waals surface area contributed by atoms with E-state index in [1.807, 2.05) is 48.5 Å². The fraction of sp³-hybridized carbons (Fsp3) is 0.816. The Labute approximate surface area is 304 Å². The zero-order valence-corrected chi connectivity index (χ0v) is 32.3. The van der Waals surface area contributed by atoms with Crippen LogP contribution in [0.5, 0.6) is 0 Å². The average Bonchev–Trinajstić information content (AvgIpc) is 3.48. The van der Waals surface area contributed by atoms with E-state index in [1.54, 1.807) is 11.8 Å². The summed E-state index contributed by atoms with van der Waals surface area (Å²) in [5.41, 5.74) is -0.948. The number of urea groups is 1. The molecule has 3 rings (SSSR count). The number of hydrogen-bond donors (Lipinski definition) is 4. The first kappa shape index (κ1) is 41.9. The number of nitrogens with zero attached hydrogens (tertiary/aromatic N) is 2. The maximum absolute atomic E-state index is 14.4. The quantitative estimate of drug-likeness (QED) is 0.218. The number of hydrogen-bond acceptors (Lipinski definition) is 7. The Morgan fingerprint density at radius 1 is 0.902 bits per heavy atom. The summed E-state index contributed by atoms with van der Waals surface area (Å²) in [5.74, 6) is -2.62. The highest BCUT2D eigenvalue weighted by molar-refractivity contribution is 6.38. The lowest BCUT2D eigenvalue weighted by atomic mass is 9.80. The Bertz CT molecular complexity index is 1270. The summed E-state index contributed by atoms with van der Waals surface area (Å²) in [6.07, 6.45) is 7.57. The van der Waals surface area contributed by atoms with E-state index in [4.69, 9.17) is 0 Å². The number of ketones is 1. The standard InChI is InChI=1S/C38H64N6O7/c1-9-39-34(49)32(47)26-17-15-13-11-10-12-14-16-18-27(35(50)43-22-25(24(2)3)19-28(43)33(48)40-26)41-36(51)42-29(37(4,5)6)23-44-30(45)20-38(7,8)21-31(44)46/h24-29H,9-23H2,1-8H3,(H,39,49)(H,40,48)(H2,41,42,51)/t25-,26+,27+,28+,29-/m1/s1. The Balaban J connectivity index is 1.86. The highest BCUT2D eigenvalue weighted by Gasteiger charge is 2.44. The molecular weight excluding hydrogens is 652 g/mol. The van der Waals surface area contributed by atoms with Crippen molar-refractivity contribution in [2.24, 2.45) is 22.7 Å². The Hall–Kier alpha value is -3.51. The third-order valence-electron chi connectivity index (χ3n) is 10.7. The molecule has 5 atom stereocenters. The van der Waals surface area contributed by atoms with Crippen molar-refractivity contribution >= 4 is 41.4 Å². The van der Waals surface area contributed by atoms with Crippen LogP contribution in [-0.2, 0) is 28.8 Å². The number of Topliss-reactive ketones (excluding diaryl/α,β-unsaturated/α-hetero) is 1. The van der Waals surface area contributed by atoms with Gasteiger partial charge in [0.2, 0.25) is 29.4 Å². The maximum atomic E-state index is 14.4. The summed E-state index contributed by atoms with van der Waals surface area (Å²) in [5, 5.41) is 11.3. The first-order valence-corrected chi connectivity index (χ1v) is 19.2. The van der Waals surface area contributed by atoms with Crippen LogP contribution in [0.15, 0.2) is 0 Å². The highest BCUT2D eigenvalue weighted by atomic mass is 16.2. The maximum Gasteiger partial charge on any atom is 0.315 e. The number of carbonyl (C=O) groups is 7. The molecule has 3 aliphatic heterocycles. The molecule has 0 aromatic heterocycles. The molecule has 3 heterocycles. The number of fused-ring (bicyclic) bond motifs is 1. The fourth-order valence-corrected chi connectivity index (χ4v) is 7.32. The SMILES string of the molecule is CCNC(=O)C(=O)[C@@H]1CCCCCCCCC[C@H](NC(=O)N[C@H](CN2C(=O)CC(C)(C)CC2=O)C(C)(C)C)C(=O)N2C[C@H](C(C)C)C[C@H]2C(=O)N1. The van der Waals surface area contributed by atoms with E-state index in [0.29, 0.717) is 38.6 Å². The highest BCUT2D eigenvalue weighted by Crippen LogP contribution is 2.33. The van der Waals surface area contributed by atoms with Crippen LogP contribution in [0.2, 0.25) is 0 Å². The molecule has 7 amide bonds. The van der Waals surface area contributed by atoms with Crippen molar-refractivity contribution in [3.05, 3.63) is 0 Å². The van der Waals surface area contributed by atoms with Crippen molar-refractivity contribution < 1.29 is 33.6 Å². The van der Waals surface area contributed by atoms with Crippen molar-refractivity contribution in [2.75, 3.05) is 19.6 Å². The van der Waals surface area contributed by atoms with Crippen LogP contribution in [0.4, 0.5) is 4.79 Å². The second-order valence-corrected chi connectivity index (χ2v) is 17.1. The zero-order chi connectivity index (χ0) is 38.1. The molecule has 0 aromatic rings. The summed E-state index contributed by atoms with van der Waals surface area (Å²) in [6, 6.07) is -3.97. The lowest BCUT2D eigenvalue weighted by Crippen LogP contribution is -2.60. The van der Waals surface area contributed by atoms with Gasteiger partial charge in [0.1, 0.15) is 12.1 Å². The molecule has 0 unspecified atom stereocenters. The minimum absolute atomic E-state index is 0.0177. The van der Waals surface area contributed by atoms with Crippen molar-refractivity contribution in [3.63, 3.8) is 0 Å². The molecule has 0 saturated carbocycles. The van der Waals surface area contributed by atoms with Gasteiger partial charge >= 0.3 is 6.03 Å². The number of likely N-dealkylation sites (N-methyl/N-ethyl adjacent to an activating group) is 1. The van der Waals surface area contributed by atoms with Crippen LogP contribution in [0.1, 0.15) is 132 Å². The predicted molar refractivity (Wildman–Crippen MR) is 194 cm³/mol. The van der Waals surface area contributed by atoms with E-state index in [0.717, 1.165) is 32.1 Å². The molecule has 0 bridgehead atoms. The van der Waals surface area contributed by atoms with Crippen molar-refractivity contribution in [3.8, 4) is 0 Å². The number of piperidine rings is 1. The number of nitrogens with one attached hydrogen (secondary N) is 4. The number of imide groups is 1. The molecule has 0 aromatic carbocycles. The minimum atomic E-state index is -0.995. The fourth-order valence-electron chi connectivity index (χ4n) is 7.32. The van der Waals surface area contributed by atoms with E-state index >= 15 is 0 Å². The van der Waals surface area contributed by atoms with Gasteiger partial charge in [0.05, 0.1) is 12.1 Å². The van der Waals surface area contributed by atoms with Gasteiger partial charge in [-0.15, -0.1) is 0 Å². The first-order valence-electron chi connectivity index (χ1n) is 19.2. The van der Waals surface area contributed by atoms with E-state index < -0.39 is 58.6 Å². The van der Waals surface area contributed by atoms with Gasteiger partial charge in [-0.3, -0.25) is 33.7 Å². The monoisotopic (exact) mass is 716 g/mol. The summed E-state index contributed by atoms with van der Waals surface area (Å²) in [7, 11) is 0. The Morgan fingerprint density at radius 3 is 2.02 bits per heavy atom. The number of likely N-dealkylation sites (tertiary alicyclic amines) is 1. The molecule has 51 heavy (non-hydrogen) atoms. The normalized spacial score (nSPS) is 26.3. The van der Waals surface area contributed by atoms with Crippen LogP contribution >= 0.6 is 0 Å². The van der Waals surface area contributed by atoms with Gasteiger partial charge in [0.15, 0.2) is 0 Å². The molecule has 4 N–H and O–H groups in total. The molecule has 3 aliphatic rings. The van der Waals surface area contributed by atoms with E-state index in [1.165, 1.54) is 4.90 Å². The predicted octanol–water partition coefficient (Wildman–Crippen LogP) is 3.83. The van der Waals surface area contributed by atoms with Crippen molar-refractivity contribution in [1.82, 2.24) is 31.1 Å². The molecule has 288 valence electrons. The molecule has 3 fully saturated rings. The van der Waals surface area contributed by atoms with Gasteiger partial charge < -0.3 is 26.2 Å². The van der Waals surface area contributed by atoms with Crippen molar-refractivity contribution in [1.29, 1.82) is 0 Å². The van der Waals surface area contributed by atoms with E-state index in [9.17, 15) is 33.6 Å². The largest absolute Gasteiger partial charge is 0.350 e. The van der Waals surface area contributed by atoms with Crippen LogP contribution in [0.25, 0.3) is 0 Å².